The predicted molar refractivity (Wildman–Crippen MR) is 112 cm³/mol. The number of nitrogens with zero attached hydrogens (tertiary/aromatic N) is 1. The lowest BCUT2D eigenvalue weighted by molar-refractivity contribution is 0.506. The fraction of sp³-hybridized carbons (Fsp3) is 0.500. The first-order valence-corrected chi connectivity index (χ1v) is 10.9. The molecule has 0 amide bonds. The minimum absolute atomic E-state index is 0.0939. The molecule has 5 rings (SSSR count). The number of aliphatic hydroxyl groups is 1. The third-order valence-corrected chi connectivity index (χ3v) is 6.60. The Hall–Kier alpha value is -2.36. The monoisotopic (exact) mass is 376 g/mol. The van der Waals surface area contributed by atoms with Gasteiger partial charge in [0.25, 0.3) is 0 Å². The van der Waals surface area contributed by atoms with Gasteiger partial charge in [0.05, 0.1) is 5.69 Å². The quantitative estimate of drug-likeness (QED) is 0.555. The lowest BCUT2D eigenvalue weighted by Crippen LogP contribution is -2.13. The van der Waals surface area contributed by atoms with Gasteiger partial charge < -0.3 is 10.1 Å². The normalized spacial score (nSPS) is 19.4. The summed E-state index contributed by atoms with van der Waals surface area (Å²) < 4.78 is 0. The van der Waals surface area contributed by atoms with Gasteiger partial charge in [0, 0.05) is 34.5 Å². The maximum Gasteiger partial charge on any atom is 0.248 e. The standard InChI is InChI=1S/C24H28N2O2/c27-20-12-6-11-19(25-20)21-17-9-2-1-3-10-18(17)26-23(15-7-4-5-8-15)22(21)24(28)16-13-14-16/h6,11-12,15,28H,1-5,7-10,13-14H2,(H,25,27). The molecule has 0 spiro atoms. The van der Waals surface area contributed by atoms with Crippen LogP contribution in [0.15, 0.2) is 28.6 Å². The first kappa shape index (κ1) is 17.7. The molecule has 0 aliphatic heterocycles. The van der Waals surface area contributed by atoms with E-state index in [1.54, 1.807) is 6.07 Å². The van der Waals surface area contributed by atoms with Gasteiger partial charge in [0.1, 0.15) is 5.76 Å². The second-order valence-electron chi connectivity index (χ2n) is 8.60. The predicted octanol–water partition coefficient (Wildman–Crippen LogP) is 5.43. The molecule has 3 aliphatic carbocycles. The Morgan fingerprint density at radius 3 is 2.54 bits per heavy atom. The number of aryl methyl sites for hydroxylation is 1. The molecule has 2 saturated carbocycles. The molecule has 4 nitrogen and oxygen atoms in total. The van der Waals surface area contributed by atoms with E-state index in [-0.39, 0.29) is 5.56 Å². The number of hydrogen-bond donors (Lipinski definition) is 2. The van der Waals surface area contributed by atoms with Gasteiger partial charge in [-0.1, -0.05) is 25.3 Å². The van der Waals surface area contributed by atoms with Gasteiger partial charge in [-0.15, -0.1) is 0 Å². The molecular weight excluding hydrogens is 348 g/mol. The third-order valence-electron chi connectivity index (χ3n) is 6.60. The number of aromatic nitrogens is 2. The van der Waals surface area contributed by atoms with Crippen LogP contribution in [0.2, 0.25) is 0 Å². The molecule has 2 N–H and O–H groups in total. The Bertz CT molecular complexity index is 990. The fourth-order valence-electron chi connectivity index (χ4n) is 5.04. The van der Waals surface area contributed by atoms with Crippen LogP contribution >= 0.6 is 0 Å². The van der Waals surface area contributed by atoms with E-state index in [0.717, 1.165) is 73.0 Å². The summed E-state index contributed by atoms with van der Waals surface area (Å²) >= 11 is 0. The van der Waals surface area contributed by atoms with E-state index in [1.807, 2.05) is 12.1 Å². The molecule has 0 aromatic carbocycles. The average molecular weight is 377 g/mol. The van der Waals surface area contributed by atoms with Crippen molar-refractivity contribution in [3.63, 3.8) is 0 Å². The van der Waals surface area contributed by atoms with Gasteiger partial charge in [-0.3, -0.25) is 9.78 Å². The zero-order valence-corrected chi connectivity index (χ0v) is 16.4. The number of fused-ring (bicyclic) bond motifs is 1. The highest BCUT2D eigenvalue weighted by Crippen LogP contribution is 2.46. The van der Waals surface area contributed by atoms with Crippen molar-refractivity contribution in [2.45, 2.75) is 76.5 Å². The maximum absolute atomic E-state index is 12.1. The molecule has 28 heavy (non-hydrogen) atoms. The van der Waals surface area contributed by atoms with Crippen LogP contribution in [0.4, 0.5) is 0 Å². The highest BCUT2D eigenvalue weighted by Gasteiger charge is 2.32. The number of H-pyrrole nitrogens is 1. The summed E-state index contributed by atoms with van der Waals surface area (Å²) in [6.07, 6.45) is 12.2. The van der Waals surface area contributed by atoms with E-state index in [0.29, 0.717) is 11.7 Å². The number of allylic oxidation sites excluding steroid dienone is 1. The Morgan fingerprint density at radius 2 is 1.79 bits per heavy atom. The van der Waals surface area contributed by atoms with E-state index in [2.05, 4.69) is 4.98 Å². The van der Waals surface area contributed by atoms with E-state index in [9.17, 15) is 9.90 Å². The molecule has 0 radical (unpaired) electrons. The van der Waals surface area contributed by atoms with Crippen LogP contribution in [0, 0.1) is 0 Å². The summed E-state index contributed by atoms with van der Waals surface area (Å²) in [4.78, 5) is 20.4. The Kier molecular flexibility index (Phi) is 4.58. The minimum Gasteiger partial charge on any atom is -0.507 e. The number of aromatic amines is 1. The molecule has 2 fully saturated rings. The van der Waals surface area contributed by atoms with E-state index in [1.165, 1.54) is 36.9 Å². The molecule has 0 bridgehead atoms. The maximum atomic E-state index is 12.1. The summed E-state index contributed by atoms with van der Waals surface area (Å²) in [6, 6.07) is 5.35. The zero-order valence-electron chi connectivity index (χ0n) is 16.4. The average Bonchev–Trinajstić information content (AvgIpc) is 3.46. The van der Waals surface area contributed by atoms with Gasteiger partial charge in [-0.05, 0) is 68.6 Å². The minimum atomic E-state index is -0.0939. The van der Waals surface area contributed by atoms with Crippen LogP contribution in [-0.2, 0) is 12.8 Å². The Balaban J connectivity index is 1.84. The van der Waals surface area contributed by atoms with Crippen molar-refractivity contribution in [1.82, 2.24) is 9.97 Å². The molecule has 2 heterocycles. The van der Waals surface area contributed by atoms with E-state index < -0.39 is 0 Å². The van der Waals surface area contributed by atoms with E-state index in [4.69, 9.17) is 4.98 Å². The molecular formula is C24H28N2O2. The van der Waals surface area contributed by atoms with Crippen molar-refractivity contribution in [2.75, 3.05) is 0 Å². The van der Waals surface area contributed by atoms with Crippen molar-refractivity contribution >= 4 is 5.76 Å². The first-order valence-electron chi connectivity index (χ1n) is 10.9. The molecule has 0 unspecified atom stereocenters. The molecule has 4 heteroatoms. The van der Waals surface area contributed by atoms with Crippen molar-refractivity contribution in [3.8, 4) is 11.3 Å². The van der Waals surface area contributed by atoms with Gasteiger partial charge in [0.15, 0.2) is 0 Å². The lowest BCUT2D eigenvalue weighted by atomic mass is 9.87. The number of nitrogens with one attached hydrogen (secondary N) is 1. The number of pyridine rings is 2. The topological polar surface area (TPSA) is 66.0 Å². The summed E-state index contributed by atoms with van der Waals surface area (Å²) in [6.45, 7) is 0. The second kappa shape index (κ2) is 7.23. The Morgan fingerprint density at radius 1 is 1.00 bits per heavy atom. The van der Waals surface area contributed by atoms with Crippen molar-refractivity contribution in [2.24, 2.45) is 0 Å². The van der Waals surface area contributed by atoms with Crippen LogP contribution < -0.4 is 5.56 Å². The van der Waals surface area contributed by atoms with Crippen LogP contribution in [-0.4, -0.2) is 15.1 Å². The molecule has 2 aromatic rings. The summed E-state index contributed by atoms with van der Waals surface area (Å²) in [5.41, 5.74) is 7.34. The third kappa shape index (κ3) is 3.19. The Labute approximate surface area is 165 Å². The molecule has 2 aromatic heterocycles. The van der Waals surface area contributed by atoms with Crippen LogP contribution in [0.3, 0.4) is 0 Å². The van der Waals surface area contributed by atoms with Crippen LogP contribution in [0.25, 0.3) is 17.0 Å². The van der Waals surface area contributed by atoms with Gasteiger partial charge in [0.2, 0.25) is 5.56 Å². The molecule has 3 aliphatic rings. The first-order chi connectivity index (χ1) is 13.7. The fourth-order valence-corrected chi connectivity index (χ4v) is 5.04. The highest BCUT2D eigenvalue weighted by molar-refractivity contribution is 5.83. The number of aliphatic hydroxyl groups excluding tert-OH is 1. The molecule has 146 valence electrons. The zero-order chi connectivity index (χ0) is 19.1. The van der Waals surface area contributed by atoms with Crippen molar-refractivity contribution < 1.29 is 5.11 Å². The van der Waals surface area contributed by atoms with Crippen molar-refractivity contribution in [1.29, 1.82) is 0 Å². The summed E-state index contributed by atoms with van der Waals surface area (Å²) in [5.74, 6) is 0.848. The lowest BCUT2D eigenvalue weighted by Gasteiger charge is -2.23. The molecule has 0 atom stereocenters. The SMILES string of the molecule is O=c1cccc(-c2c3c(nc(C4CCCC4)c2C(O)=C2CC2)CCCCC3)[nH]1. The van der Waals surface area contributed by atoms with Gasteiger partial charge >= 0.3 is 0 Å². The molecule has 0 saturated heterocycles. The largest absolute Gasteiger partial charge is 0.507 e. The van der Waals surface area contributed by atoms with Crippen LogP contribution in [0.1, 0.15) is 86.2 Å². The van der Waals surface area contributed by atoms with Crippen molar-refractivity contribution in [3.05, 3.63) is 56.6 Å². The number of hydrogen-bond acceptors (Lipinski definition) is 3. The second-order valence-corrected chi connectivity index (χ2v) is 8.60. The summed E-state index contributed by atoms with van der Waals surface area (Å²) in [5, 5.41) is 11.2. The number of rotatable bonds is 3. The highest BCUT2D eigenvalue weighted by atomic mass is 16.3. The summed E-state index contributed by atoms with van der Waals surface area (Å²) in [7, 11) is 0. The van der Waals surface area contributed by atoms with Gasteiger partial charge in [-0.2, -0.15) is 0 Å². The smallest absolute Gasteiger partial charge is 0.248 e. The van der Waals surface area contributed by atoms with E-state index >= 15 is 0 Å². The van der Waals surface area contributed by atoms with Gasteiger partial charge in [-0.25, -0.2) is 0 Å². The van der Waals surface area contributed by atoms with Crippen LogP contribution in [0.5, 0.6) is 0 Å².